The summed E-state index contributed by atoms with van der Waals surface area (Å²) in [5.74, 6) is -0.933. The van der Waals surface area contributed by atoms with Crippen LogP contribution in [0.15, 0.2) is 13.2 Å². The van der Waals surface area contributed by atoms with Crippen molar-refractivity contribution in [1.29, 1.82) is 0 Å². The van der Waals surface area contributed by atoms with E-state index in [4.69, 9.17) is 16.6 Å². The Bertz CT molecular complexity index is 275. The summed E-state index contributed by atoms with van der Waals surface area (Å²) in [5.41, 5.74) is 10.4. The molecule has 0 rings (SSSR count). The largest absolute Gasteiger partial charge is 1.00 e. The molecule has 0 amide bonds. The van der Waals surface area contributed by atoms with Crippen LogP contribution in [0.4, 0.5) is 0 Å². The van der Waals surface area contributed by atoms with Gasteiger partial charge in [-0.25, -0.2) is 0 Å². The summed E-state index contributed by atoms with van der Waals surface area (Å²) in [7, 11) is -6.47. The molecule has 112 valence electrons. The molecule has 9 nitrogen and oxygen atoms in total. The molecule has 3 atom stereocenters. The molecule has 0 radical (unpaired) electrons. The summed E-state index contributed by atoms with van der Waals surface area (Å²) in [6.45, 7) is 6.60. The van der Waals surface area contributed by atoms with Crippen molar-refractivity contribution in [2.45, 2.75) is 25.3 Å². The maximum absolute atomic E-state index is 10.1. The molecule has 0 saturated heterocycles. The van der Waals surface area contributed by atoms with Gasteiger partial charge in [-0.05, 0) is 28.5 Å². The molecule has 0 aromatic carbocycles. The maximum Gasteiger partial charge on any atom is 1.00 e. The second-order valence-corrected chi connectivity index (χ2v) is 4.31. The number of unbranched alkanes of at least 4 members (excludes halogenated alkanes) is 1. The van der Waals surface area contributed by atoms with E-state index in [1.807, 2.05) is 0 Å². The Kier molecular flexibility index (Phi) is 42.0. The molecular weight excluding hydrogens is 344 g/mol. The quantitative estimate of drug-likeness (QED) is 0.172. The first-order valence-electron chi connectivity index (χ1n) is 4.96. The van der Waals surface area contributed by atoms with Crippen molar-refractivity contribution in [2.24, 2.45) is 11.5 Å². The third kappa shape index (κ3) is 38.8. The van der Waals surface area contributed by atoms with Crippen LogP contribution >= 0.6 is 16.5 Å². The van der Waals surface area contributed by atoms with Crippen LogP contribution in [0.1, 0.15) is 19.3 Å². The minimum absolute atomic E-state index is 0. The Hall–Kier alpha value is 1.21. The second-order valence-electron chi connectivity index (χ2n) is 2.76. The normalized spacial score (nSPS) is 10.9. The summed E-state index contributed by atoms with van der Waals surface area (Å²) >= 11 is 0. The Balaban J connectivity index is -0.0000000693. The number of carboxylic acid groups (broad SMARTS) is 1. The predicted octanol–water partition coefficient (Wildman–Crippen LogP) is -6.62. The zero-order chi connectivity index (χ0) is 15.8. The molecule has 0 aliphatic rings. The fourth-order valence-corrected chi connectivity index (χ4v) is 1.12. The van der Waals surface area contributed by atoms with Crippen LogP contribution in [0.3, 0.4) is 0 Å². The second kappa shape index (κ2) is 26.1. The van der Waals surface area contributed by atoms with Crippen molar-refractivity contribution in [3.63, 3.8) is 0 Å². The first-order valence-corrected chi connectivity index (χ1v) is 7.15. The Morgan fingerprint density at radius 3 is 1.76 bits per heavy atom. The van der Waals surface area contributed by atoms with Crippen molar-refractivity contribution in [3.8, 4) is 0 Å². The fraction of sp³-hybridized carbons (Fsp3) is 0.625. The van der Waals surface area contributed by atoms with Crippen LogP contribution in [-0.2, 0) is 18.2 Å². The molecule has 0 aliphatic heterocycles. The van der Waals surface area contributed by atoms with E-state index in [-0.39, 0.29) is 59.1 Å². The van der Waals surface area contributed by atoms with E-state index >= 15 is 0 Å². The Labute approximate surface area is 170 Å². The number of nitrogens with two attached hydrogens (primary N) is 2. The van der Waals surface area contributed by atoms with Gasteiger partial charge in [0, 0.05) is 0 Å². The number of rotatable bonds is 7. The van der Waals surface area contributed by atoms with Crippen molar-refractivity contribution in [1.82, 2.24) is 0 Å². The van der Waals surface area contributed by atoms with Gasteiger partial charge in [-0.15, -0.1) is 13.2 Å². The monoisotopic (exact) mass is 362 g/mol. The standard InChI is InChI=1S/C6H14N2O2.C2H4.2Na.O5P2/c7-4-2-1-3-5(8)6(9)10;1-2;;;1-6(2)5-7(3)4/h5H,1-4,7-8H2,(H,9,10);1-2H2;;;/q;;2*+1;. The van der Waals surface area contributed by atoms with Crippen LogP contribution in [-0.4, -0.2) is 23.7 Å². The molecular formula is C8H18N2Na2O7P2+2. The minimum atomic E-state index is -3.24. The summed E-state index contributed by atoms with van der Waals surface area (Å²) in [4.78, 5) is 28.6. The molecule has 0 aromatic heterocycles. The van der Waals surface area contributed by atoms with Crippen LogP contribution in [0, 0.1) is 0 Å². The van der Waals surface area contributed by atoms with Crippen LogP contribution in [0.2, 0.25) is 0 Å². The molecule has 0 aliphatic carbocycles. The van der Waals surface area contributed by atoms with Crippen molar-refractivity contribution >= 4 is 22.5 Å². The summed E-state index contributed by atoms with van der Waals surface area (Å²) < 4.78 is 21.6. The number of hydrogen-bond donors (Lipinski definition) is 3. The van der Waals surface area contributed by atoms with Gasteiger partial charge in [0.15, 0.2) is 0 Å². The number of carboxylic acids is 1. The van der Waals surface area contributed by atoms with E-state index in [9.17, 15) is 23.7 Å². The third-order valence-electron chi connectivity index (χ3n) is 1.42. The van der Waals surface area contributed by atoms with Crippen LogP contribution in [0.5, 0.6) is 0 Å². The van der Waals surface area contributed by atoms with Gasteiger partial charge in [0.2, 0.25) is 0 Å². The van der Waals surface area contributed by atoms with Crippen molar-refractivity contribution in [3.05, 3.63) is 13.2 Å². The van der Waals surface area contributed by atoms with Gasteiger partial charge in [0.05, 0.1) is 0 Å². The fourth-order valence-electron chi connectivity index (χ4n) is 0.686. The van der Waals surface area contributed by atoms with Crippen LogP contribution < -0.4 is 80.4 Å². The van der Waals surface area contributed by atoms with Crippen molar-refractivity contribution in [2.75, 3.05) is 6.54 Å². The van der Waals surface area contributed by atoms with Gasteiger partial charge in [-0.1, -0.05) is 6.42 Å². The van der Waals surface area contributed by atoms with E-state index in [0.717, 1.165) is 12.8 Å². The summed E-state index contributed by atoms with van der Waals surface area (Å²) in [5, 5.41) is 8.33. The van der Waals surface area contributed by atoms with Gasteiger partial charge >= 0.3 is 81.6 Å². The first-order chi connectivity index (χ1) is 8.81. The van der Waals surface area contributed by atoms with Gasteiger partial charge in [-0.3, -0.25) is 4.79 Å². The zero-order valence-electron chi connectivity index (χ0n) is 12.3. The average Bonchev–Trinajstić information content (AvgIpc) is 2.30. The molecule has 0 saturated carbocycles. The average molecular weight is 362 g/mol. The SMILES string of the molecule is C=C.NCCCCC(N)C(=O)O.O=[P+]([O-])O[P+](=O)[O-].[Na+].[Na+]. The molecule has 13 heteroatoms. The predicted molar refractivity (Wildman–Crippen MR) is 66.1 cm³/mol. The van der Waals surface area contributed by atoms with Crippen molar-refractivity contribution < 1.29 is 92.2 Å². The summed E-state index contributed by atoms with van der Waals surface area (Å²) in [6, 6.07) is -0.716. The molecule has 0 spiro atoms. The first kappa shape index (κ1) is 33.7. The van der Waals surface area contributed by atoms with E-state index in [1.54, 1.807) is 0 Å². The molecule has 5 N–H and O–H groups in total. The molecule has 0 bridgehead atoms. The number of aliphatic carboxylic acids is 1. The van der Waals surface area contributed by atoms with E-state index in [0.29, 0.717) is 13.0 Å². The molecule has 3 unspecified atom stereocenters. The van der Waals surface area contributed by atoms with Gasteiger partial charge in [0.1, 0.15) is 10.4 Å². The Morgan fingerprint density at radius 2 is 1.57 bits per heavy atom. The molecule has 0 heterocycles. The summed E-state index contributed by atoms with van der Waals surface area (Å²) in [6.07, 6.45) is 2.16. The number of hydrogen-bond acceptors (Lipinski definition) is 8. The van der Waals surface area contributed by atoms with Gasteiger partial charge in [-0.2, -0.15) is 0 Å². The van der Waals surface area contributed by atoms with E-state index in [1.165, 1.54) is 0 Å². The molecule has 21 heavy (non-hydrogen) atoms. The van der Waals surface area contributed by atoms with E-state index in [2.05, 4.69) is 17.5 Å². The zero-order valence-corrected chi connectivity index (χ0v) is 18.1. The molecule has 0 fully saturated rings. The smallest absolute Gasteiger partial charge is 0.563 e. The van der Waals surface area contributed by atoms with Gasteiger partial charge < -0.3 is 26.4 Å². The Morgan fingerprint density at radius 1 is 1.19 bits per heavy atom. The maximum atomic E-state index is 10.1. The minimum Gasteiger partial charge on any atom is -0.563 e. The topological polar surface area (TPSA) is 179 Å². The van der Waals surface area contributed by atoms with Crippen LogP contribution in [0.25, 0.3) is 0 Å². The van der Waals surface area contributed by atoms with E-state index < -0.39 is 28.5 Å². The third-order valence-corrected chi connectivity index (χ3v) is 2.49. The van der Waals surface area contributed by atoms with Gasteiger partial charge in [0.25, 0.3) is 0 Å². The molecule has 0 aromatic rings. The number of carbonyl (C=O) groups is 1.